The molecule has 2 aliphatic rings. The number of hydrogen-bond donors (Lipinski definition) is 1. The molecule has 2 rings (SSSR count). The zero-order chi connectivity index (χ0) is 12.8. The van der Waals surface area contributed by atoms with Gasteiger partial charge in [0.05, 0.1) is 18.8 Å². The van der Waals surface area contributed by atoms with Gasteiger partial charge in [0.1, 0.15) is 0 Å². The predicted molar refractivity (Wildman–Crippen MR) is 73.8 cm³/mol. The topological polar surface area (TPSA) is 30.5 Å². The van der Waals surface area contributed by atoms with Crippen molar-refractivity contribution >= 4 is 0 Å². The molecule has 1 N–H and O–H groups in total. The van der Waals surface area contributed by atoms with Crippen molar-refractivity contribution in [1.29, 1.82) is 0 Å². The summed E-state index contributed by atoms with van der Waals surface area (Å²) in [6.07, 6.45) is 8.61. The maximum Gasteiger partial charge on any atom is 0.0813 e. The normalized spacial score (nSPS) is 29.5. The Labute approximate surface area is 112 Å². The minimum absolute atomic E-state index is 0.338. The van der Waals surface area contributed by atoms with Crippen molar-refractivity contribution in [1.82, 2.24) is 5.32 Å². The van der Waals surface area contributed by atoms with Crippen LogP contribution in [0.2, 0.25) is 0 Å². The first kappa shape index (κ1) is 14.3. The van der Waals surface area contributed by atoms with Crippen molar-refractivity contribution in [3.05, 3.63) is 0 Å². The van der Waals surface area contributed by atoms with E-state index in [2.05, 4.69) is 19.2 Å². The van der Waals surface area contributed by atoms with E-state index in [9.17, 15) is 0 Å². The van der Waals surface area contributed by atoms with Gasteiger partial charge in [-0.25, -0.2) is 0 Å². The first-order chi connectivity index (χ1) is 8.74. The van der Waals surface area contributed by atoms with E-state index in [1.807, 2.05) is 0 Å². The molecule has 0 amide bonds. The second-order valence-corrected chi connectivity index (χ2v) is 6.21. The Morgan fingerprint density at radius 1 is 1.06 bits per heavy atom. The molecule has 3 nitrogen and oxygen atoms in total. The highest BCUT2D eigenvalue weighted by molar-refractivity contribution is 4.76. The molecule has 1 heterocycles. The number of ether oxygens (including phenoxy) is 2. The average molecular weight is 255 g/mol. The summed E-state index contributed by atoms with van der Waals surface area (Å²) in [5.41, 5.74) is 0. The number of hydrogen-bond acceptors (Lipinski definition) is 3. The lowest BCUT2D eigenvalue weighted by Gasteiger charge is -2.17. The van der Waals surface area contributed by atoms with Gasteiger partial charge in [-0.1, -0.05) is 26.7 Å². The van der Waals surface area contributed by atoms with Gasteiger partial charge in [0, 0.05) is 19.2 Å². The standard InChI is InChI=1S/C15H29NO2/c1-12(2)16-9-14-7-8-15(18-14)11-17-10-13-5-3-4-6-13/h12-16H,3-11H2,1-2H3. The molecule has 0 aromatic rings. The van der Waals surface area contributed by atoms with Gasteiger partial charge >= 0.3 is 0 Å². The van der Waals surface area contributed by atoms with Gasteiger partial charge in [-0.2, -0.15) is 0 Å². The fourth-order valence-corrected chi connectivity index (χ4v) is 2.96. The molecule has 0 radical (unpaired) electrons. The zero-order valence-electron chi connectivity index (χ0n) is 12.0. The molecular weight excluding hydrogens is 226 g/mol. The lowest BCUT2D eigenvalue weighted by atomic mass is 10.1. The highest BCUT2D eigenvalue weighted by Gasteiger charge is 2.25. The van der Waals surface area contributed by atoms with Gasteiger partial charge < -0.3 is 14.8 Å². The van der Waals surface area contributed by atoms with Crippen molar-refractivity contribution in [3.63, 3.8) is 0 Å². The quantitative estimate of drug-likeness (QED) is 0.759. The highest BCUT2D eigenvalue weighted by Crippen LogP contribution is 2.25. The summed E-state index contributed by atoms with van der Waals surface area (Å²) >= 11 is 0. The number of rotatable bonds is 7. The summed E-state index contributed by atoms with van der Waals surface area (Å²) in [5, 5.41) is 3.44. The largest absolute Gasteiger partial charge is 0.378 e. The average Bonchev–Trinajstić information content (AvgIpc) is 2.97. The molecule has 0 spiro atoms. The lowest BCUT2D eigenvalue weighted by Crippen LogP contribution is -2.32. The van der Waals surface area contributed by atoms with Crippen LogP contribution in [0.15, 0.2) is 0 Å². The van der Waals surface area contributed by atoms with Gasteiger partial charge in [0.15, 0.2) is 0 Å². The summed E-state index contributed by atoms with van der Waals surface area (Å²) in [6, 6.07) is 0.547. The second kappa shape index (κ2) is 7.46. The Morgan fingerprint density at radius 3 is 2.50 bits per heavy atom. The predicted octanol–water partition coefficient (Wildman–Crippen LogP) is 2.74. The molecule has 3 heteroatoms. The second-order valence-electron chi connectivity index (χ2n) is 6.21. The van der Waals surface area contributed by atoms with Crippen LogP contribution >= 0.6 is 0 Å². The fraction of sp³-hybridized carbons (Fsp3) is 1.00. The Morgan fingerprint density at radius 2 is 1.78 bits per heavy atom. The molecule has 0 aromatic carbocycles. The summed E-state index contributed by atoms with van der Waals surface area (Å²) in [5.74, 6) is 0.824. The lowest BCUT2D eigenvalue weighted by molar-refractivity contribution is -0.0219. The Hall–Kier alpha value is -0.120. The maximum atomic E-state index is 5.99. The first-order valence-electron chi connectivity index (χ1n) is 7.70. The van der Waals surface area contributed by atoms with E-state index in [-0.39, 0.29) is 0 Å². The molecule has 1 aliphatic carbocycles. The maximum absolute atomic E-state index is 5.99. The minimum atomic E-state index is 0.338. The molecule has 2 fully saturated rings. The highest BCUT2D eigenvalue weighted by atomic mass is 16.5. The molecule has 106 valence electrons. The van der Waals surface area contributed by atoms with Gasteiger partial charge in [-0.05, 0) is 31.6 Å². The summed E-state index contributed by atoms with van der Waals surface area (Å²) in [7, 11) is 0. The third kappa shape index (κ3) is 4.87. The Kier molecular flexibility index (Phi) is 5.93. The number of nitrogens with one attached hydrogen (secondary N) is 1. The zero-order valence-corrected chi connectivity index (χ0v) is 12.0. The van der Waals surface area contributed by atoms with Crippen molar-refractivity contribution < 1.29 is 9.47 Å². The van der Waals surface area contributed by atoms with Crippen LogP contribution in [0.1, 0.15) is 52.4 Å². The fourth-order valence-electron chi connectivity index (χ4n) is 2.96. The van der Waals surface area contributed by atoms with Crippen LogP contribution in [0.3, 0.4) is 0 Å². The molecule has 0 aromatic heterocycles. The van der Waals surface area contributed by atoms with E-state index in [0.29, 0.717) is 18.2 Å². The molecular formula is C15H29NO2. The van der Waals surface area contributed by atoms with Crippen LogP contribution in [0.25, 0.3) is 0 Å². The minimum Gasteiger partial charge on any atom is -0.378 e. The van der Waals surface area contributed by atoms with E-state index in [4.69, 9.17) is 9.47 Å². The van der Waals surface area contributed by atoms with Crippen molar-refractivity contribution in [3.8, 4) is 0 Å². The van der Waals surface area contributed by atoms with Gasteiger partial charge in [0.2, 0.25) is 0 Å². The van der Waals surface area contributed by atoms with E-state index >= 15 is 0 Å². The monoisotopic (exact) mass is 255 g/mol. The third-order valence-corrected chi connectivity index (χ3v) is 4.08. The molecule has 0 bridgehead atoms. The smallest absolute Gasteiger partial charge is 0.0813 e. The van der Waals surface area contributed by atoms with Crippen LogP contribution in [-0.2, 0) is 9.47 Å². The Balaban J connectivity index is 1.52. The molecule has 2 unspecified atom stereocenters. The Bertz CT molecular complexity index is 227. The van der Waals surface area contributed by atoms with E-state index < -0.39 is 0 Å². The molecule has 1 aliphatic heterocycles. The molecule has 2 atom stereocenters. The van der Waals surface area contributed by atoms with Crippen LogP contribution in [-0.4, -0.2) is 38.0 Å². The van der Waals surface area contributed by atoms with Crippen LogP contribution in [0.4, 0.5) is 0 Å². The van der Waals surface area contributed by atoms with Crippen LogP contribution in [0.5, 0.6) is 0 Å². The SMILES string of the molecule is CC(C)NCC1CCC(COCC2CCCC2)O1. The summed E-state index contributed by atoms with van der Waals surface area (Å²) in [6.45, 7) is 7.09. The first-order valence-corrected chi connectivity index (χ1v) is 7.70. The van der Waals surface area contributed by atoms with E-state index in [0.717, 1.165) is 32.1 Å². The van der Waals surface area contributed by atoms with Gasteiger partial charge in [-0.3, -0.25) is 0 Å². The molecule has 18 heavy (non-hydrogen) atoms. The summed E-state index contributed by atoms with van der Waals surface area (Å²) < 4.78 is 11.8. The van der Waals surface area contributed by atoms with Gasteiger partial charge in [0.25, 0.3) is 0 Å². The molecule has 1 saturated carbocycles. The van der Waals surface area contributed by atoms with Gasteiger partial charge in [-0.15, -0.1) is 0 Å². The van der Waals surface area contributed by atoms with Crippen molar-refractivity contribution in [2.24, 2.45) is 5.92 Å². The molecule has 1 saturated heterocycles. The van der Waals surface area contributed by atoms with E-state index in [1.165, 1.54) is 32.1 Å². The van der Waals surface area contributed by atoms with Crippen LogP contribution in [0, 0.1) is 5.92 Å². The summed E-state index contributed by atoms with van der Waals surface area (Å²) in [4.78, 5) is 0. The van der Waals surface area contributed by atoms with Crippen molar-refractivity contribution in [2.75, 3.05) is 19.8 Å². The van der Waals surface area contributed by atoms with E-state index in [1.54, 1.807) is 0 Å². The van der Waals surface area contributed by atoms with Crippen LogP contribution < -0.4 is 5.32 Å². The third-order valence-electron chi connectivity index (χ3n) is 4.08. The van der Waals surface area contributed by atoms with Crippen molar-refractivity contribution in [2.45, 2.75) is 70.6 Å².